The second-order valence-corrected chi connectivity index (χ2v) is 7.74. The number of hydrogen-bond acceptors (Lipinski definition) is 6. The van der Waals surface area contributed by atoms with Crippen molar-refractivity contribution >= 4 is 16.8 Å². The Labute approximate surface area is 176 Å². The van der Waals surface area contributed by atoms with Crippen LogP contribution in [0.1, 0.15) is 22.3 Å². The van der Waals surface area contributed by atoms with Crippen molar-refractivity contribution in [2.75, 3.05) is 20.3 Å². The SMILES string of the molecule is COc1c(F)c(C)cc2c1C(=O)N1C[C@@H](Oc3cc4[nH]c(=O)ccc4cn3)C[C@@H]1CO2. The van der Waals surface area contributed by atoms with Gasteiger partial charge in [-0.05, 0) is 24.6 Å². The van der Waals surface area contributed by atoms with Gasteiger partial charge in [0.15, 0.2) is 11.6 Å². The van der Waals surface area contributed by atoms with E-state index in [1.165, 1.54) is 19.2 Å². The van der Waals surface area contributed by atoms with E-state index in [1.54, 1.807) is 30.2 Å². The number of H-pyrrole nitrogens is 1. The highest BCUT2D eigenvalue weighted by molar-refractivity contribution is 6.00. The van der Waals surface area contributed by atoms with Crippen LogP contribution in [0.5, 0.6) is 17.4 Å². The van der Waals surface area contributed by atoms with Crippen LogP contribution in [-0.4, -0.2) is 53.2 Å². The minimum atomic E-state index is -0.571. The summed E-state index contributed by atoms with van der Waals surface area (Å²) in [6.07, 6.45) is 1.84. The van der Waals surface area contributed by atoms with Gasteiger partial charge >= 0.3 is 0 Å². The topological polar surface area (TPSA) is 93.8 Å². The number of nitrogens with zero attached hydrogens (tertiary/aromatic N) is 2. The number of aromatic amines is 1. The molecule has 0 saturated carbocycles. The van der Waals surface area contributed by atoms with Crippen LogP contribution in [0, 0.1) is 12.7 Å². The molecule has 4 heterocycles. The van der Waals surface area contributed by atoms with Crippen molar-refractivity contribution in [3.05, 3.63) is 57.8 Å². The number of ether oxygens (including phenoxy) is 3. The van der Waals surface area contributed by atoms with E-state index in [9.17, 15) is 14.0 Å². The monoisotopic (exact) mass is 425 g/mol. The number of methoxy groups -OCH3 is 1. The number of hydrogen-bond donors (Lipinski definition) is 1. The van der Waals surface area contributed by atoms with Gasteiger partial charge in [-0.1, -0.05) is 0 Å². The Morgan fingerprint density at radius 2 is 2.13 bits per heavy atom. The van der Waals surface area contributed by atoms with Gasteiger partial charge in [0.05, 0.1) is 25.2 Å². The normalized spacial score (nSPS) is 20.1. The van der Waals surface area contributed by atoms with Gasteiger partial charge < -0.3 is 24.1 Å². The second kappa shape index (κ2) is 7.26. The summed E-state index contributed by atoms with van der Waals surface area (Å²) >= 11 is 0. The van der Waals surface area contributed by atoms with E-state index in [0.29, 0.717) is 35.7 Å². The molecule has 0 bridgehead atoms. The van der Waals surface area contributed by atoms with E-state index in [4.69, 9.17) is 14.2 Å². The van der Waals surface area contributed by atoms with Crippen LogP contribution >= 0.6 is 0 Å². The first-order valence-corrected chi connectivity index (χ1v) is 9.91. The second-order valence-electron chi connectivity index (χ2n) is 7.74. The zero-order valence-corrected chi connectivity index (χ0v) is 17.0. The molecule has 1 N–H and O–H groups in total. The number of amides is 1. The lowest BCUT2D eigenvalue weighted by Gasteiger charge is -2.21. The highest BCUT2D eigenvalue weighted by Crippen LogP contribution is 2.39. The molecule has 8 nitrogen and oxygen atoms in total. The standard InChI is InChI=1S/C22H20FN3O5/c1-11-5-16-19(21(29-2)20(11)23)22(28)26-9-14(6-13(26)10-30-16)31-18-7-15-12(8-24-18)3-4-17(27)25-15/h3-5,7-8,13-14H,6,9-10H2,1-2H3,(H,25,27)/t13-,14+/m1/s1. The van der Waals surface area contributed by atoms with E-state index >= 15 is 0 Å². The van der Waals surface area contributed by atoms with Crippen molar-refractivity contribution in [3.63, 3.8) is 0 Å². The Balaban J connectivity index is 1.41. The molecule has 2 aliphatic rings. The molecule has 160 valence electrons. The summed E-state index contributed by atoms with van der Waals surface area (Å²) in [5, 5.41) is 0.789. The predicted molar refractivity (Wildman–Crippen MR) is 109 cm³/mol. The molecule has 1 amide bonds. The molecule has 3 aromatic rings. The minimum absolute atomic E-state index is 0.0927. The van der Waals surface area contributed by atoms with Gasteiger partial charge in [-0.3, -0.25) is 9.59 Å². The third-order valence-electron chi connectivity index (χ3n) is 5.72. The van der Waals surface area contributed by atoms with Crippen molar-refractivity contribution in [2.45, 2.75) is 25.5 Å². The summed E-state index contributed by atoms with van der Waals surface area (Å²) in [4.78, 5) is 33.5. The van der Waals surface area contributed by atoms with E-state index in [1.807, 2.05) is 0 Å². The summed E-state index contributed by atoms with van der Waals surface area (Å²) in [6.45, 7) is 2.17. The lowest BCUT2D eigenvalue weighted by atomic mass is 10.1. The lowest BCUT2D eigenvalue weighted by Crippen LogP contribution is -2.37. The van der Waals surface area contributed by atoms with Crippen molar-refractivity contribution in [1.29, 1.82) is 0 Å². The molecular weight excluding hydrogens is 405 g/mol. The summed E-state index contributed by atoms with van der Waals surface area (Å²) in [6, 6.07) is 6.09. The molecule has 0 unspecified atom stereocenters. The number of nitrogens with one attached hydrogen (secondary N) is 1. The first-order chi connectivity index (χ1) is 14.9. The average Bonchev–Trinajstić information content (AvgIpc) is 3.10. The van der Waals surface area contributed by atoms with Gasteiger partial charge in [-0.25, -0.2) is 9.37 Å². The summed E-state index contributed by atoms with van der Waals surface area (Å²) < 4.78 is 31.6. The number of fused-ring (bicyclic) bond motifs is 3. The molecule has 2 atom stereocenters. The Morgan fingerprint density at radius 1 is 1.29 bits per heavy atom. The molecule has 1 aromatic carbocycles. The van der Waals surface area contributed by atoms with Gasteiger partial charge in [0.2, 0.25) is 11.4 Å². The Kier molecular flexibility index (Phi) is 4.53. The quantitative estimate of drug-likeness (QED) is 0.693. The van der Waals surface area contributed by atoms with Crippen LogP contribution in [0.3, 0.4) is 0 Å². The smallest absolute Gasteiger partial charge is 0.262 e. The van der Waals surface area contributed by atoms with Crippen LogP contribution in [0.4, 0.5) is 4.39 Å². The van der Waals surface area contributed by atoms with Crippen molar-refractivity contribution in [2.24, 2.45) is 0 Å². The minimum Gasteiger partial charge on any atom is -0.493 e. The predicted octanol–water partition coefficient (Wildman–Crippen LogP) is 2.43. The number of aryl methyl sites for hydroxylation is 1. The third kappa shape index (κ3) is 3.26. The largest absolute Gasteiger partial charge is 0.493 e. The van der Waals surface area contributed by atoms with Gasteiger partial charge in [-0.15, -0.1) is 0 Å². The fourth-order valence-electron chi connectivity index (χ4n) is 4.20. The van der Waals surface area contributed by atoms with Crippen LogP contribution in [-0.2, 0) is 0 Å². The highest BCUT2D eigenvalue weighted by atomic mass is 19.1. The lowest BCUT2D eigenvalue weighted by molar-refractivity contribution is 0.0710. The first kappa shape index (κ1) is 19.3. The number of carbonyl (C=O) groups is 1. The molecule has 2 aromatic heterocycles. The number of carbonyl (C=O) groups excluding carboxylic acids is 1. The van der Waals surface area contributed by atoms with Crippen LogP contribution < -0.4 is 19.8 Å². The summed E-state index contributed by atoms with van der Waals surface area (Å²) in [7, 11) is 1.33. The molecule has 0 aliphatic carbocycles. The molecular formula is C22H20FN3O5. The molecule has 1 saturated heterocycles. The van der Waals surface area contributed by atoms with Crippen molar-refractivity contribution in [3.8, 4) is 17.4 Å². The van der Waals surface area contributed by atoms with Gasteiger partial charge in [0.1, 0.15) is 24.0 Å². The number of benzene rings is 1. The fraction of sp³-hybridized carbons (Fsp3) is 0.318. The molecule has 0 spiro atoms. The van der Waals surface area contributed by atoms with Gasteiger partial charge in [0.25, 0.3) is 5.91 Å². The first-order valence-electron chi connectivity index (χ1n) is 9.91. The van der Waals surface area contributed by atoms with Crippen LogP contribution in [0.25, 0.3) is 10.9 Å². The number of rotatable bonds is 3. The fourth-order valence-corrected chi connectivity index (χ4v) is 4.20. The van der Waals surface area contributed by atoms with Crippen molar-refractivity contribution < 1.29 is 23.4 Å². The number of halogens is 1. The Bertz CT molecular complexity index is 1260. The van der Waals surface area contributed by atoms with Crippen LogP contribution in [0.2, 0.25) is 0 Å². The summed E-state index contributed by atoms with van der Waals surface area (Å²) in [5.41, 5.74) is 0.855. The van der Waals surface area contributed by atoms with Crippen LogP contribution in [0.15, 0.2) is 35.3 Å². The number of pyridine rings is 2. The molecule has 2 aliphatic heterocycles. The highest BCUT2D eigenvalue weighted by Gasteiger charge is 2.42. The molecule has 0 radical (unpaired) electrons. The Hall–Kier alpha value is -3.62. The van der Waals surface area contributed by atoms with Gasteiger partial charge in [-0.2, -0.15) is 0 Å². The molecule has 9 heteroatoms. The van der Waals surface area contributed by atoms with Gasteiger partial charge in [0, 0.05) is 30.1 Å². The maximum atomic E-state index is 14.6. The maximum Gasteiger partial charge on any atom is 0.262 e. The number of aromatic nitrogens is 2. The average molecular weight is 425 g/mol. The maximum absolute atomic E-state index is 14.6. The van der Waals surface area contributed by atoms with E-state index < -0.39 is 5.82 Å². The molecule has 1 fully saturated rings. The molecule has 5 rings (SSSR count). The molecule has 31 heavy (non-hydrogen) atoms. The van der Waals surface area contributed by atoms with Crippen molar-refractivity contribution in [1.82, 2.24) is 14.9 Å². The van der Waals surface area contributed by atoms with E-state index in [-0.39, 0.29) is 41.5 Å². The van der Waals surface area contributed by atoms with E-state index in [2.05, 4.69) is 9.97 Å². The zero-order valence-electron chi connectivity index (χ0n) is 17.0. The third-order valence-corrected chi connectivity index (χ3v) is 5.72. The Morgan fingerprint density at radius 3 is 2.94 bits per heavy atom. The van der Waals surface area contributed by atoms with E-state index in [0.717, 1.165) is 5.39 Å². The summed E-state index contributed by atoms with van der Waals surface area (Å²) in [5.74, 6) is -0.351. The zero-order chi connectivity index (χ0) is 21.7.